The van der Waals surface area contributed by atoms with Gasteiger partial charge in [-0.25, -0.2) is 10.8 Å². The lowest BCUT2D eigenvalue weighted by Crippen LogP contribution is -2.46. The van der Waals surface area contributed by atoms with Crippen LogP contribution >= 0.6 is 11.3 Å². The van der Waals surface area contributed by atoms with E-state index >= 15 is 0 Å². The van der Waals surface area contributed by atoms with Crippen LogP contribution in [0.1, 0.15) is 4.88 Å². The van der Waals surface area contributed by atoms with Crippen LogP contribution in [0.5, 0.6) is 0 Å². The van der Waals surface area contributed by atoms with Crippen molar-refractivity contribution in [2.45, 2.75) is 6.54 Å². The summed E-state index contributed by atoms with van der Waals surface area (Å²) in [5.74, 6) is 5.32. The molecule has 1 fully saturated rings. The number of anilines is 1. The highest BCUT2D eigenvalue weighted by Crippen LogP contribution is 2.18. The molecule has 6 nitrogen and oxygen atoms in total. The normalized spacial score (nSPS) is 17.5. The van der Waals surface area contributed by atoms with Crippen molar-refractivity contribution in [1.82, 2.24) is 15.2 Å². The molecule has 4 N–H and O–H groups in total. The maximum Gasteiger partial charge on any atom is 0.234 e. The van der Waals surface area contributed by atoms with Gasteiger partial charge in [0, 0.05) is 30.7 Å². The summed E-state index contributed by atoms with van der Waals surface area (Å²) in [4.78, 5) is 18.4. The standard InChI is InChI=1S/C8H13N5OS/c9-12-8-11-3-6(15-8)4-13-2-1-10-7(14)5-13/h3H,1-2,4-5,9H2,(H,10,14)(H,11,12). The molecule has 7 heteroatoms. The van der Waals surface area contributed by atoms with Crippen LogP contribution in [0, 0.1) is 0 Å². The molecule has 0 bridgehead atoms. The molecular formula is C8H13N5OS. The van der Waals surface area contributed by atoms with E-state index in [2.05, 4.69) is 20.6 Å². The van der Waals surface area contributed by atoms with Gasteiger partial charge in [-0.3, -0.25) is 15.1 Å². The number of aromatic nitrogens is 1. The number of hydrazine groups is 1. The van der Waals surface area contributed by atoms with Gasteiger partial charge in [0.25, 0.3) is 0 Å². The number of thiazole rings is 1. The molecule has 15 heavy (non-hydrogen) atoms. The van der Waals surface area contributed by atoms with Crippen LogP contribution in [0.15, 0.2) is 6.20 Å². The Labute approximate surface area is 91.4 Å². The molecule has 2 rings (SSSR count). The van der Waals surface area contributed by atoms with Gasteiger partial charge >= 0.3 is 0 Å². The van der Waals surface area contributed by atoms with Crippen LogP contribution in [0.3, 0.4) is 0 Å². The maximum atomic E-state index is 11.1. The fourth-order valence-electron chi connectivity index (χ4n) is 1.49. The zero-order valence-corrected chi connectivity index (χ0v) is 9.01. The number of rotatable bonds is 3. The second-order valence-corrected chi connectivity index (χ2v) is 4.45. The van der Waals surface area contributed by atoms with Crippen molar-refractivity contribution in [3.05, 3.63) is 11.1 Å². The largest absolute Gasteiger partial charge is 0.354 e. The Bertz CT molecular complexity index is 353. The van der Waals surface area contributed by atoms with Gasteiger partial charge in [-0.05, 0) is 0 Å². The Morgan fingerprint density at radius 2 is 2.60 bits per heavy atom. The summed E-state index contributed by atoms with van der Waals surface area (Å²) in [6.07, 6.45) is 1.78. The van der Waals surface area contributed by atoms with Gasteiger partial charge in [-0.1, -0.05) is 11.3 Å². The van der Waals surface area contributed by atoms with Crippen LogP contribution in [0.25, 0.3) is 0 Å². The number of hydrogen-bond acceptors (Lipinski definition) is 6. The highest BCUT2D eigenvalue weighted by Gasteiger charge is 2.16. The Morgan fingerprint density at radius 3 is 3.27 bits per heavy atom. The number of carbonyl (C=O) groups excluding carboxylic acids is 1. The molecule has 0 radical (unpaired) electrons. The van der Waals surface area contributed by atoms with Crippen molar-refractivity contribution < 1.29 is 4.79 Å². The molecule has 1 aromatic heterocycles. The summed E-state index contributed by atoms with van der Waals surface area (Å²) in [7, 11) is 0. The number of nitrogens with zero attached hydrogens (tertiary/aromatic N) is 2. The summed E-state index contributed by atoms with van der Waals surface area (Å²) < 4.78 is 0. The highest BCUT2D eigenvalue weighted by atomic mass is 32.1. The van der Waals surface area contributed by atoms with E-state index in [0.29, 0.717) is 11.7 Å². The van der Waals surface area contributed by atoms with Crippen molar-refractivity contribution in [2.24, 2.45) is 5.84 Å². The second kappa shape index (κ2) is 4.56. The summed E-state index contributed by atoms with van der Waals surface area (Å²) in [6, 6.07) is 0. The number of carbonyl (C=O) groups is 1. The molecule has 1 aliphatic rings. The fourth-order valence-corrected chi connectivity index (χ4v) is 2.26. The van der Waals surface area contributed by atoms with Gasteiger partial charge in [-0.2, -0.15) is 0 Å². The zero-order valence-electron chi connectivity index (χ0n) is 8.19. The van der Waals surface area contributed by atoms with Gasteiger partial charge in [0.05, 0.1) is 6.54 Å². The van der Waals surface area contributed by atoms with E-state index in [1.165, 1.54) is 11.3 Å². The topological polar surface area (TPSA) is 83.3 Å². The number of nitrogens with one attached hydrogen (secondary N) is 2. The van der Waals surface area contributed by atoms with Crippen molar-refractivity contribution in [3.8, 4) is 0 Å². The summed E-state index contributed by atoms with van der Waals surface area (Å²) in [5, 5.41) is 3.49. The van der Waals surface area contributed by atoms with E-state index in [4.69, 9.17) is 5.84 Å². The molecule has 0 aromatic carbocycles. The smallest absolute Gasteiger partial charge is 0.234 e. The van der Waals surface area contributed by atoms with Crippen LogP contribution in [-0.2, 0) is 11.3 Å². The van der Waals surface area contributed by atoms with E-state index in [0.717, 1.165) is 24.5 Å². The van der Waals surface area contributed by atoms with Crippen molar-refractivity contribution in [2.75, 3.05) is 25.1 Å². The third kappa shape index (κ3) is 2.65. The number of nitrogen functional groups attached to an aromatic ring is 1. The molecule has 2 heterocycles. The molecule has 0 unspecified atom stereocenters. The Hall–Kier alpha value is -1.18. The number of amides is 1. The SMILES string of the molecule is NNc1ncc(CN2CCNC(=O)C2)s1. The van der Waals surface area contributed by atoms with Gasteiger partial charge in [0.15, 0.2) is 5.13 Å². The monoisotopic (exact) mass is 227 g/mol. The molecular weight excluding hydrogens is 214 g/mol. The Morgan fingerprint density at radius 1 is 1.73 bits per heavy atom. The third-order valence-electron chi connectivity index (χ3n) is 2.17. The third-order valence-corrected chi connectivity index (χ3v) is 3.09. The molecule has 0 atom stereocenters. The average molecular weight is 227 g/mol. The molecule has 1 aliphatic heterocycles. The lowest BCUT2D eigenvalue weighted by Gasteiger charge is -2.25. The zero-order chi connectivity index (χ0) is 10.7. The van der Waals surface area contributed by atoms with Crippen LogP contribution < -0.4 is 16.6 Å². The average Bonchev–Trinajstić information content (AvgIpc) is 2.65. The lowest BCUT2D eigenvalue weighted by atomic mass is 10.3. The number of hydrogen-bond donors (Lipinski definition) is 3. The van der Waals surface area contributed by atoms with Gasteiger partial charge < -0.3 is 5.32 Å². The minimum Gasteiger partial charge on any atom is -0.354 e. The van der Waals surface area contributed by atoms with Crippen LogP contribution in [0.2, 0.25) is 0 Å². The van der Waals surface area contributed by atoms with Gasteiger partial charge in [0.1, 0.15) is 0 Å². The molecule has 1 amide bonds. The van der Waals surface area contributed by atoms with E-state index in [1.54, 1.807) is 6.20 Å². The summed E-state index contributed by atoms with van der Waals surface area (Å²) in [6.45, 7) is 2.82. The first-order valence-electron chi connectivity index (χ1n) is 4.68. The summed E-state index contributed by atoms with van der Waals surface area (Å²) in [5.41, 5.74) is 2.50. The lowest BCUT2D eigenvalue weighted by molar-refractivity contribution is -0.124. The van der Waals surface area contributed by atoms with Crippen molar-refractivity contribution in [1.29, 1.82) is 0 Å². The van der Waals surface area contributed by atoms with E-state index in [9.17, 15) is 4.79 Å². The number of nitrogens with two attached hydrogens (primary N) is 1. The Kier molecular flexibility index (Phi) is 3.14. The van der Waals surface area contributed by atoms with Crippen molar-refractivity contribution >= 4 is 22.4 Å². The molecule has 1 saturated heterocycles. The fraction of sp³-hybridized carbons (Fsp3) is 0.500. The van der Waals surface area contributed by atoms with E-state index in [1.807, 2.05) is 0 Å². The minimum atomic E-state index is 0.0861. The minimum absolute atomic E-state index is 0.0861. The first kappa shape index (κ1) is 10.3. The first-order valence-corrected chi connectivity index (χ1v) is 5.50. The van der Waals surface area contributed by atoms with Crippen molar-refractivity contribution in [3.63, 3.8) is 0 Å². The summed E-state index contributed by atoms with van der Waals surface area (Å²) >= 11 is 1.51. The second-order valence-electron chi connectivity index (χ2n) is 3.34. The van der Waals surface area contributed by atoms with E-state index in [-0.39, 0.29) is 5.91 Å². The predicted octanol–water partition coefficient (Wildman–Crippen LogP) is -0.640. The Balaban J connectivity index is 1.93. The van der Waals surface area contributed by atoms with Crippen LogP contribution in [-0.4, -0.2) is 35.4 Å². The van der Waals surface area contributed by atoms with Gasteiger partial charge in [0.2, 0.25) is 5.91 Å². The molecule has 1 aromatic rings. The first-order chi connectivity index (χ1) is 7.28. The molecule has 0 spiro atoms. The molecule has 0 saturated carbocycles. The van der Waals surface area contributed by atoms with Crippen LogP contribution in [0.4, 0.5) is 5.13 Å². The molecule has 82 valence electrons. The number of piperazine rings is 1. The maximum absolute atomic E-state index is 11.1. The highest BCUT2D eigenvalue weighted by molar-refractivity contribution is 7.15. The van der Waals surface area contributed by atoms with Gasteiger partial charge in [-0.15, -0.1) is 0 Å². The predicted molar refractivity (Wildman–Crippen MR) is 58.2 cm³/mol. The van der Waals surface area contributed by atoms with E-state index < -0.39 is 0 Å². The molecule has 0 aliphatic carbocycles. The quantitative estimate of drug-likeness (QED) is 0.472.